The van der Waals surface area contributed by atoms with Gasteiger partial charge in [-0.25, -0.2) is 0 Å². The highest BCUT2D eigenvalue weighted by molar-refractivity contribution is 5.89. The van der Waals surface area contributed by atoms with Gasteiger partial charge in [0.2, 0.25) is 0 Å². The largest absolute Gasteiger partial charge is 0.488 e. The van der Waals surface area contributed by atoms with E-state index in [1.807, 2.05) is 24.1 Å². The van der Waals surface area contributed by atoms with Crippen molar-refractivity contribution in [2.45, 2.75) is 38.0 Å². The van der Waals surface area contributed by atoms with Crippen LogP contribution in [0.5, 0.6) is 5.75 Å². The van der Waals surface area contributed by atoms with Crippen molar-refractivity contribution in [3.8, 4) is 5.75 Å². The molecule has 2 aromatic carbocycles. The minimum atomic E-state index is -0.372. The van der Waals surface area contributed by atoms with Crippen molar-refractivity contribution >= 4 is 16.7 Å². The van der Waals surface area contributed by atoms with Crippen molar-refractivity contribution in [3.63, 3.8) is 0 Å². The molecule has 1 aliphatic heterocycles. The third-order valence-electron chi connectivity index (χ3n) is 6.52. The lowest BCUT2D eigenvalue weighted by Crippen LogP contribution is -2.50. The summed E-state index contributed by atoms with van der Waals surface area (Å²) in [6.45, 7) is 3.25. The topological polar surface area (TPSA) is 42.0 Å². The van der Waals surface area contributed by atoms with Gasteiger partial charge in [0, 0.05) is 31.1 Å². The molecule has 0 bridgehead atoms. The number of ether oxygens (including phenoxy) is 2. The fourth-order valence-electron chi connectivity index (χ4n) is 4.52. The van der Waals surface area contributed by atoms with Crippen LogP contribution >= 0.6 is 0 Å². The van der Waals surface area contributed by atoms with Crippen molar-refractivity contribution in [1.29, 1.82) is 0 Å². The van der Waals surface area contributed by atoms with Gasteiger partial charge >= 0.3 is 0 Å². The quantitative estimate of drug-likeness (QED) is 0.631. The summed E-state index contributed by atoms with van der Waals surface area (Å²) >= 11 is 0. The minimum absolute atomic E-state index is 0.112. The summed E-state index contributed by atoms with van der Waals surface area (Å²) < 4.78 is 12.2. The van der Waals surface area contributed by atoms with E-state index in [2.05, 4.69) is 59.5 Å². The maximum absolute atomic E-state index is 13.4. The Hall–Kier alpha value is -2.89. The molecular formula is C28H32N2O3. The molecular weight excluding hydrogens is 412 g/mol. The highest BCUT2D eigenvalue weighted by atomic mass is 16.5. The molecule has 172 valence electrons. The molecule has 5 rings (SSSR count). The van der Waals surface area contributed by atoms with E-state index in [0.717, 1.165) is 47.9 Å². The molecule has 0 spiro atoms. The molecule has 0 N–H and O–H groups in total. The Morgan fingerprint density at radius 2 is 2.09 bits per heavy atom. The van der Waals surface area contributed by atoms with Gasteiger partial charge < -0.3 is 19.3 Å². The van der Waals surface area contributed by atoms with E-state index in [9.17, 15) is 4.79 Å². The molecule has 5 heteroatoms. The average molecular weight is 445 g/mol. The fraction of sp³-hybridized carbons (Fsp3) is 0.393. The van der Waals surface area contributed by atoms with Crippen LogP contribution < -0.4 is 4.74 Å². The van der Waals surface area contributed by atoms with E-state index < -0.39 is 0 Å². The Kier molecular flexibility index (Phi) is 6.60. The van der Waals surface area contributed by atoms with E-state index in [-0.39, 0.29) is 12.0 Å². The number of likely N-dealkylation sites (N-methyl/N-ethyl adjacent to an activating group) is 1. The van der Waals surface area contributed by atoms with Crippen LogP contribution in [0, 0.1) is 0 Å². The summed E-state index contributed by atoms with van der Waals surface area (Å²) in [4.78, 5) is 17.6. The number of hydrogen-bond donors (Lipinski definition) is 0. The summed E-state index contributed by atoms with van der Waals surface area (Å²) in [7, 11) is 2.05. The van der Waals surface area contributed by atoms with Crippen LogP contribution in [0.25, 0.3) is 10.8 Å². The first-order valence-corrected chi connectivity index (χ1v) is 11.9. The Morgan fingerprint density at radius 3 is 2.94 bits per heavy atom. The van der Waals surface area contributed by atoms with Crippen LogP contribution in [0.2, 0.25) is 0 Å². The number of nitrogens with zero attached hydrogens (tertiary/aromatic N) is 2. The summed E-state index contributed by atoms with van der Waals surface area (Å²) in [5.41, 5.74) is 2.27. The van der Waals surface area contributed by atoms with Gasteiger partial charge in [0.15, 0.2) is 0 Å². The average Bonchev–Trinajstić information content (AvgIpc) is 3.68. The summed E-state index contributed by atoms with van der Waals surface area (Å²) in [5.74, 6) is 0.979. The molecule has 1 atom stereocenters. The first kappa shape index (κ1) is 21.9. The van der Waals surface area contributed by atoms with E-state index in [1.165, 1.54) is 5.57 Å². The molecule has 33 heavy (non-hydrogen) atoms. The third-order valence-corrected chi connectivity index (χ3v) is 6.52. The molecule has 0 aromatic heterocycles. The fourth-order valence-corrected chi connectivity index (χ4v) is 4.52. The van der Waals surface area contributed by atoms with Gasteiger partial charge in [-0.05, 0) is 55.0 Å². The Balaban J connectivity index is 1.38. The molecule has 2 aliphatic carbocycles. The number of carbonyl (C=O) groups is 1. The molecule has 0 radical (unpaired) electrons. The second-order valence-corrected chi connectivity index (χ2v) is 9.22. The van der Waals surface area contributed by atoms with E-state index >= 15 is 0 Å². The lowest BCUT2D eigenvalue weighted by atomic mass is 10.0. The van der Waals surface area contributed by atoms with E-state index in [4.69, 9.17) is 9.47 Å². The molecule has 1 saturated carbocycles. The van der Waals surface area contributed by atoms with Gasteiger partial charge in [0.25, 0.3) is 5.91 Å². The van der Waals surface area contributed by atoms with Crippen molar-refractivity contribution in [1.82, 2.24) is 9.80 Å². The summed E-state index contributed by atoms with van der Waals surface area (Å²) in [6, 6.07) is 12.9. The van der Waals surface area contributed by atoms with Gasteiger partial charge in [0.1, 0.15) is 18.5 Å². The van der Waals surface area contributed by atoms with Gasteiger partial charge in [-0.2, -0.15) is 0 Å². The van der Waals surface area contributed by atoms with Crippen LogP contribution in [0.1, 0.15) is 24.8 Å². The predicted octanol–water partition coefficient (Wildman–Crippen LogP) is 4.48. The van der Waals surface area contributed by atoms with Crippen molar-refractivity contribution in [3.05, 3.63) is 77.9 Å². The zero-order valence-electron chi connectivity index (χ0n) is 19.3. The zero-order chi connectivity index (χ0) is 22.6. The van der Waals surface area contributed by atoms with Crippen LogP contribution in [0.15, 0.2) is 72.4 Å². The smallest absolute Gasteiger partial charge is 0.253 e. The molecule has 2 aromatic rings. The third kappa shape index (κ3) is 5.37. The SMILES string of the molecule is CN1CCOC(C(=O)N(Cc2cc(OCC3=CCC=CC=C3)c3ccccc3c2)C2CC2)C1. The van der Waals surface area contributed by atoms with Crippen LogP contribution in [0.3, 0.4) is 0 Å². The van der Waals surface area contributed by atoms with Gasteiger partial charge in [-0.3, -0.25) is 4.79 Å². The number of allylic oxidation sites excluding steroid dienone is 4. The predicted molar refractivity (Wildman–Crippen MR) is 131 cm³/mol. The van der Waals surface area contributed by atoms with Crippen molar-refractivity contribution in [2.75, 3.05) is 33.4 Å². The molecule has 1 saturated heterocycles. The number of rotatable bonds is 7. The number of fused-ring (bicyclic) bond motifs is 1. The van der Waals surface area contributed by atoms with Crippen molar-refractivity contribution < 1.29 is 14.3 Å². The molecule has 1 heterocycles. The highest BCUT2D eigenvalue weighted by Gasteiger charge is 2.37. The maximum atomic E-state index is 13.4. The molecule has 3 aliphatic rings. The first-order valence-electron chi connectivity index (χ1n) is 11.9. The van der Waals surface area contributed by atoms with Crippen LogP contribution in [0.4, 0.5) is 0 Å². The zero-order valence-corrected chi connectivity index (χ0v) is 19.3. The molecule has 1 amide bonds. The van der Waals surface area contributed by atoms with Crippen LogP contribution in [-0.2, 0) is 16.1 Å². The Morgan fingerprint density at radius 1 is 1.21 bits per heavy atom. The minimum Gasteiger partial charge on any atom is -0.488 e. The Bertz CT molecular complexity index is 1100. The standard InChI is InChI=1S/C28H32N2O3/c1-29-14-15-32-27(19-29)28(31)30(24-12-13-24)18-22-16-23-10-6-7-11-25(23)26(17-22)33-20-21-8-4-2-3-5-9-21/h2-4,6-11,16-17,24,27H,5,12-15,18-20H2,1H3. The second kappa shape index (κ2) is 9.94. The number of carbonyl (C=O) groups excluding carboxylic acids is 1. The highest BCUT2D eigenvalue weighted by Crippen LogP contribution is 2.33. The maximum Gasteiger partial charge on any atom is 0.253 e. The van der Waals surface area contributed by atoms with Gasteiger partial charge in [-0.1, -0.05) is 54.6 Å². The summed E-state index contributed by atoms with van der Waals surface area (Å²) in [6.07, 6.45) is 13.2. The molecule has 2 fully saturated rings. The van der Waals surface area contributed by atoms with Crippen molar-refractivity contribution in [2.24, 2.45) is 0 Å². The van der Waals surface area contributed by atoms with Gasteiger partial charge in [0.05, 0.1) is 6.61 Å². The number of amides is 1. The summed E-state index contributed by atoms with van der Waals surface area (Å²) in [5, 5.41) is 2.23. The monoisotopic (exact) mass is 444 g/mol. The first-order chi connectivity index (χ1) is 16.2. The number of benzene rings is 2. The normalized spacial score (nSPS) is 21.0. The van der Waals surface area contributed by atoms with E-state index in [1.54, 1.807) is 0 Å². The molecule has 1 unspecified atom stereocenters. The number of hydrogen-bond acceptors (Lipinski definition) is 4. The van der Waals surface area contributed by atoms with Gasteiger partial charge in [-0.15, -0.1) is 0 Å². The van der Waals surface area contributed by atoms with Crippen LogP contribution in [-0.4, -0.2) is 61.2 Å². The van der Waals surface area contributed by atoms with E-state index in [0.29, 0.717) is 32.3 Å². The molecule has 5 nitrogen and oxygen atoms in total. The lowest BCUT2D eigenvalue weighted by molar-refractivity contribution is -0.150. The Labute approximate surface area is 196 Å². The second-order valence-electron chi connectivity index (χ2n) is 9.22. The lowest BCUT2D eigenvalue weighted by Gasteiger charge is -2.33. The number of morpholine rings is 1.